The average Bonchev–Trinajstić information content (AvgIpc) is 2.78. The van der Waals surface area contributed by atoms with Gasteiger partial charge in [-0.05, 0) is 12.8 Å². The molecule has 0 saturated heterocycles. The maximum Gasteiger partial charge on any atom is 0.429 e. The van der Waals surface area contributed by atoms with Crippen molar-refractivity contribution < 1.29 is 32.2 Å². The molecule has 0 radical (unpaired) electrons. The summed E-state index contributed by atoms with van der Waals surface area (Å²) in [6.07, 6.45) is 6.05. The molecule has 1 unspecified atom stereocenters. The molecule has 0 amide bonds. The predicted octanol–water partition coefficient (Wildman–Crippen LogP) is 7.86. The third kappa shape index (κ3) is 14.7. The van der Waals surface area contributed by atoms with E-state index in [-0.39, 0.29) is 24.8 Å². The van der Waals surface area contributed by atoms with E-state index in [1.165, 1.54) is 75.6 Å². The number of unbranched alkanes of at least 4 members (excludes halogenated alkanes) is 10. The van der Waals surface area contributed by atoms with Crippen molar-refractivity contribution in [2.45, 2.75) is 109 Å². The first-order valence-corrected chi connectivity index (χ1v) is 12.3. The summed E-state index contributed by atoms with van der Waals surface area (Å²) >= 11 is 0. The van der Waals surface area contributed by atoms with E-state index in [1.54, 1.807) is 6.07 Å². The van der Waals surface area contributed by atoms with Crippen molar-refractivity contribution in [3.05, 3.63) is 35.9 Å². The maximum absolute atomic E-state index is 13.2. The van der Waals surface area contributed by atoms with E-state index < -0.39 is 24.2 Å². The van der Waals surface area contributed by atoms with Gasteiger partial charge in [-0.2, -0.15) is 13.2 Å². The molecule has 4 nitrogen and oxygen atoms in total. The Morgan fingerprint density at radius 3 is 1.82 bits per heavy atom. The molecule has 0 saturated carbocycles. The summed E-state index contributed by atoms with van der Waals surface area (Å²) in [6, 6.07) is 7.01. The number of hydrogen-bond donors (Lipinski definition) is 0. The molecule has 1 aromatic carbocycles. The lowest BCUT2D eigenvalue weighted by Crippen LogP contribution is -2.26. The van der Waals surface area contributed by atoms with Crippen molar-refractivity contribution in [1.29, 1.82) is 0 Å². The Kier molecular flexibility index (Phi) is 15.3. The van der Waals surface area contributed by atoms with Crippen LogP contribution in [0.1, 0.15) is 108 Å². The zero-order valence-electron chi connectivity index (χ0n) is 19.8. The maximum atomic E-state index is 13.2. The molecule has 188 valence electrons. The number of hydrogen-bond acceptors (Lipinski definition) is 4. The van der Waals surface area contributed by atoms with Crippen LogP contribution in [0, 0.1) is 0 Å². The summed E-state index contributed by atoms with van der Waals surface area (Å²) in [7, 11) is 0. The van der Waals surface area contributed by atoms with Gasteiger partial charge < -0.3 is 9.47 Å². The third-order valence-electron chi connectivity index (χ3n) is 5.42. The minimum Gasteiger partial charge on any atom is -0.466 e. The standard InChI is InChI=1S/C26H39F3O4/c1-2-3-4-5-6-7-8-9-10-11-15-21-32-23(30)19-16-20-24(31)33-25(26(27,28)29)22-17-13-12-14-18-22/h12-14,17-18,25H,2-11,15-16,19-21H2,1H3. The topological polar surface area (TPSA) is 52.6 Å². The summed E-state index contributed by atoms with van der Waals surface area (Å²) in [4.78, 5) is 23.6. The van der Waals surface area contributed by atoms with Crippen LogP contribution in [0.5, 0.6) is 0 Å². The van der Waals surface area contributed by atoms with Crippen LogP contribution in [0.4, 0.5) is 13.2 Å². The highest BCUT2D eigenvalue weighted by Crippen LogP contribution is 2.36. The molecule has 0 aliphatic carbocycles. The van der Waals surface area contributed by atoms with Gasteiger partial charge in [-0.25, -0.2) is 0 Å². The van der Waals surface area contributed by atoms with Gasteiger partial charge in [0.2, 0.25) is 6.10 Å². The van der Waals surface area contributed by atoms with Crippen LogP contribution >= 0.6 is 0 Å². The summed E-state index contributed by atoms with van der Waals surface area (Å²) in [5, 5.41) is 0. The van der Waals surface area contributed by atoms with Crippen LogP contribution < -0.4 is 0 Å². The van der Waals surface area contributed by atoms with Gasteiger partial charge in [0.15, 0.2) is 0 Å². The quantitative estimate of drug-likeness (QED) is 0.161. The Morgan fingerprint density at radius 2 is 1.27 bits per heavy atom. The molecule has 0 aliphatic rings. The van der Waals surface area contributed by atoms with Crippen molar-refractivity contribution in [2.75, 3.05) is 6.61 Å². The number of carbonyl (C=O) groups is 2. The minimum atomic E-state index is -4.70. The van der Waals surface area contributed by atoms with Crippen LogP contribution in [0.3, 0.4) is 0 Å². The van der Waals surface area contributed by atoms with E-state index >= 15 is 0 Å². The minimum absolute atomic E-state index is 0.0187. The largest absolute Gasteiger partial charge is 0.466 e. The van der Waals surface area contributed by atoms with Crippen LogP contribution in [0.15, 0.2) is 30.3 Å². The molecule has 0 aliphatic heterocycles. The first kappa shape index (κ1) is 29.0. The van der Waals surface area contributed by atoms with Crippen molar-refractivity contribution in [3.63, 3.8) is 0 Å². The van der Waals surface area contributed by atoms with Gasteiger partial charge in [-0.15, -0.1) is 0 Å². The molecule has 7 heteroatoms. The molecule has 0 heterocycles. The molecule has 0 bridgehead atoms. The highest BCUT2D eigenvalue weighted by atomic mass is 19.4. The Balaban J connectivity index is 2.07. The van der Waals surface area contributed by atoms with E-state index in [0.29, 0.717) is 6.61 Å². The summed E-state index contributed by atoms with van der Waals surface area (Å²) in [5.74, 6) is -1.43. The summed E-state index contributed by atoms with van der Waals surface area (Å²) < 4.78 is 49.4. The smallest absolute Gasteiger partial charge is 0.429 e. The second kappa shape index (κ2) is 17.4. The predicted molar refractivity (Wildman–Crippen MR) is 123 cm³/mol. The molecule has 33 heavy (non-hydrogen) atoms. The van der Waals surface area contributed by atoms with Crippen molar-refractivity contribution in [1.82, 2.24) is 0 Å². The van der Waals surface area contributed by atoms with E-state index in [2.05, 4.69) is 11.7 Å². The number of carbonyl (C=O) groups excluding carboxylic acids is 2. The molecular formula is C26H39F3O4. The molecule has 1 atom stereocenters. The molecule has 1 rings (SSSR count). The van der Waals surface area contributed by atoms with Crippen LogP contribution in [0.2, 0.25) is 0 Å². The number of ether oxygens (including phenoxy) is 2. The Labute approximate surface area is 196 Å². The van der Waals surface area contributed by atoms with Crippen LogP contribution in [-0.4, -0.2) is 24.7 Å². The average molecular weight is 473 g/mol. The molecule has 0 aromatic heterocycles. The van der Waals surface area contributed by atoms with Crippen LogP contribution in [0.25, 0.3) is 0 Å². The lowest BCUT2D eigenvalue weighted by Gasteiger charge is -2.21. The lowest BCUT2D eigenvalue weighted by atomic mass is 10.1. The van der Waals surface area contributed by atoms with Crippen molar-refractivity contribution in [2.24, 2.45) is 0 Å². The molecule has 0 N–H and O–H groups in total. The fourth-order valence-corrected chi connectivity index (χ4v) is 3.54. The Morgan fingerprint density at radius 1 is 0.758 bits per heavy atom. The van der Waals surface area contributed by atoms with Gasteiger partial charge >= 0.3 is 18.1 Å². The second-order valence-electron chi connectivity index (χ2n) is 8.43. The fraction of sp³-hybridized carbons (Fsp3) is 0.692. The van der Waals surface area contributed by atoms with Gasteiger partial charge in [0.1, 0.15) is 0 Å². The Hall–Kier alpha value is -2.05. The number of benzene rings is 1. The number of esters is 2. The summed E-state index contributed by atoms with van der Waals surface area (Å²) in [5.41, 5.74) is -0.135. The second-order valence-corrected chi connectivity index (χ2v) is 8.43. The number of alkyl halides is 3. The monoisotopic (exact) mass is 472 g/mol. The molecule has 0 spiro atoms. The first-order valence-electron chi connectivity index (χ1n) is 12.3. The number of halogens is 3. The summed E-state index contributed by atoms with van der Waals surface area (Å²) in [6.45, 7) is 2.56. The van der Waals surface area contributed by atoms with Gasteiger partial charge in [-0.3, -0.25) is 9.59 Å². The molecular weight excluding hydrogens is 433 g/mol. The highest BCUT2D eigenvalue weighted by Gasteiger charge is 2.43. The van der Waals surface area contributed by atoms with Gasteiger partial charge in [0.25, 0.3) is 0 Å². The van der Waals surface area contributed by atoms with Crippen molar-refractivity contribution in [3.8, 4) is 0 Å². The third-order valence-corrected chi connectivity index (χ3v) is 5.42. The first-order chi connectivity index (χ1) is 15.8. The van der Waals surface area contributed by atoms with Gasteiger partial charge in [-0.1, -0.05) is 101 Å². The van der Waals surface area contributed by atoms with Gasteiger partial charge in [0.05, 0.1) is 6.61 Å². The SMILES string of the molecule is CCCCCCCCCCCCCOC(=O)CCCC(=O)OC(c1ccccc1)C(F)(F)F. The van der Waals surface area contributed by atoms with E-state index in [4.69, 9.17) is 4.74 Å². The van der Waals surface area contributed by atoms with E-state index in [0.717, 1.165) is 19.3 Å². The Bertz CT molecular complexity index is 647. The van der Waals surface area contributed by atoms with Gasteiger partial charge in [0, 0.05) is 18.4 Å². The molecule has 1 aromatic rings. The molecule has 0 fully saturated rings. The zero-order chi connectivity index (χ0) is 24.4. The fourth-order valence-electron chi connectivity index (χ4n) is 3.54. The van der Waals surface area contributed by atoms with E-state index in [1.807, 2.05) is 0 Å². The van der Waals surface area contributed by atoms with E-state index in [9.17, 15) is 22.8 Å². The number of rotatable bonds is 18. The van der Waals surface area contributed by atoms with Crippen molar-refractivity contribution >= 4 is 11.9 Å². The highest BCUT2D eigenvalue weighted by molar-refractivity contribution is 5.72. The normalized spacial score (nSPS) is 12.4. The zero-order valence-corrected chi connectivity index (χ0v) is 19.8. The van der Waals surface area contributed by atoms with Crippen LogP contribution in [-0.2, 0) is 19.1 Å². The lowest BCUT2D eigenvalue weighted by molar-refractivity contribution is -0.224.